The molecule has 164 valence electrons. The second-order valence-electron chi connectivity index (χ2n) is 6.51. The molecule has 1 rings (SSSR count). The average Bonchev–Trinajstić information content (AvgIpc) is 2.74. The molecule has 0 atom stereocenters. The number of hydrogen-bond acceptors (Lipinski definition) is 5. The molecule has 0 fully saturated rings. The maximum absolute atomic E-state index is 12.7. The minimum absolute atomic E-state index is 0.0402. The summed E-state index contributed by atoms with van der Waals surface area (Å²) < 4.78 is 10.6. The molecule has 0 heterocycles. The van der Waals surface area contributed by atoms with Crippen LogP contribution in [0.3, 0.4) is 0 Å². The normalized spacial score (nSPS) is 10.4. The molecule has 0 saturated carbocycles. The van der Waals surface area contributed by atoms with Gasteiger partial charge in [0.15, 0.2) is 11.5 Å². The third kappa shape index (κ3) is 8.43. The van der Waals surface area contributed by atoms with Gasteiger partial charge in [0.1, 0.15) is 6.54 Å². The Bertz CT molecular complexity index is 638. The van der Waals surface area contributed by atoms with Crippen molar-refractivity contribution in [2.75, 3.05) is 59.0 Å². The maximum Gasteiger partial charge on any atom is 0.317 e. The van der Waals surface area contributed by atoms with Crippen molar-refractivity contribution < 1.29 is 19.1 Å². The highest BCUT2D eigenvalue weighted by atomic mass is 32.2. The Balaban J connectivity index is 2.81. The molecule has 0 bridgehead atoms. The topological polar surface area (TPSA) is 71.1 Å². The van der Waals surface area contributed by atoms with E-state index in [0.717, 1.165) is 17.7 Å². The summed E-state index contributed by atoms with van der Waals surface area (Å²) in [7, 11) is 3.19. The van der Waals surface area contributed by atoms with Gasteiger partial charge in [-0.2, -0.15) is 11.8 Å². The smallest absolute Gasteiger partial charge is 0.317 e. The lowest BCUT2D eigenvalue weighted by Gasteiger charge is -2.26. The van der Waals surface area contributed by atoms with E-state index in [1.54, 1.807) is 35.8 Å². The molecular formula is C21H35N3O4S. The van der Waals surface area contributed by atoms with Crippen molar-refractivity contribution in [3.05, 3.63) is 23.8 Å². The molecule has 0 unspecified atom stereocenters. The Morgan fingerprint density at radius 1 is 1.07 bits per heavy atom. The molecule has 1 N–H and O–H groups in total. The summed E-state index contributed by atoms with van der Waals surface area (Å²) in [5, 5.41) is 2.93. The van der Waals surface area contributed by atoms with Gasteiger partial charge in [0.05, 0.1) is 14.2 Å². The molecule has 0 saturated heterocycles. The van der Waals surface area contributed by atoms with Gasteiger partial charge in [-0.25, -0.2) is 4.79 Å². The highest BCUT2D eigenvalue weighted by molar-refractivity contribution is 7.98. The van der Waals surface area contributed by atoms with Gasteiger partial charge in [-0.05, 0) is 56.4 Å². The number of amides is 3. The standard InChI is InChI=1S/C21H35N3O4S/c1-6-23(7-2)20(25)16-24(21(26)22-12-8-14-29-5)13-11-17-9-10-18(27-3)19(15-17)28-4/h9-10,15H,6-8,11-14,16H2,1-5H3,(H,22,26). The Morgan fingerprint density at radius 3 is 2.34 bits per heavy atom. The fraction of sp³-hybridized carbons (Fsp3) is 0.619. The number of hydrogen-bond donors (Lipinski definition) is 1. The first kappa shape index (κ1) is 24.9. The third-order valence-electron chi connectivity index (χ3n) is 4.65. The lowest BCUT2D eigenvalue weighted by Crippen LogP contribution is -2.47. The van der Waals surface area contributed by atoms with E-state index in [0.29, 0.717) is 44.1 Å². The zero-order valence-electron chi connectivity index (χ0n) is 18.3. The predicted molar refractivity (Wildman–Crippen MR) is 119 cm³/mol. The minimum Gasteiger partial charge on any atom is -0.493 e. The molecule has 0 aliphatic heterocycles. The molecule has 0 aliphatic rings. The van der Waals surface area contributed by atoms with E-state index >= 15 is 0 Å². The minimum atomic E-state index is -0.202. The second kappa shape index (κ2) is 14.0. The van der Waals surface area contributed by atoms with Crippen LogP contribution in [0.1, 0.15) is 25.8 Å². The summed E-state index contributed by atoms with van der Waals surface area (Å²) in [6, 6.07) is 5.50. The number of benzene rings is 1. The number of thioether (sulfide) groups is 1. The quantitative estimate of drug-likeness (QED) is 0.492. The monoisotopic (exact) mass is 425 g/mol. The second-order valence-corrected chi connectivity index (χ2v) is 7.49. The third-order valence-corrected chi connectivity index (χ3v) is 5.35. The molecule has 0 aromatic heterocycles. The first-order valence-corrected chi connectivity index (χ1v) is 11.4. The Kier molecular flexibility index (Phi) is 12.0. The van der Waals surface area contributed by atoms with Crippen LogP contribution in [-0.2, 0) is 11.2 Å². The van der Waals surface area contributed by atoms with Crippen LogP contribution in [0.25, 0.3) is 0 Å². The van der Waals surface area contributed by atoms with Crippen molar-refractivity contribution in [3.8, 4) is 11.5 Å². The molecule has 8 heteroatoms. The van der Waals surface area contributed by atoms with Gasteiger partial charge in [0.2, 0.25) is 5.91 Å². The van der Waals surface area contributed by atoms with Crippen LogP contribution in [0.4, 0.5) is 4.79 Å². The number of methoxy groups -OCH3 is 2. The summed E-state index contributed by atoms with van der Waals surface area (Å²) in [6.07, 6.45) is 3.56. The lowest BCUT2D eigenvalue weighted by atomic mass is 10.1. The molecule has 0 aliphatic carbocycles. The first-order valence-electron chi connectivity index (χ1n) is 10.0. The molecule has 1 aromatic rings. The Labute approximate surface area is 179 Å². The van der Waals surface area contributed by atoms with Crippen LogP contribution in [0.2, 0.25) is 0 Å². The van der Waals surface area contributed by atoms with Gasteiger partial charge in [-0.15, -0.1) is 0 Å². The number of urea groups is 1. The number of ether oxygens (including phenoxy) is 2. The molecule has 0 radical (unpaired) electrons. The van der Waals surface area contributed by atoms with E-state index in [1.165, 1.54) is 0 Å². The van der Waals surface area contributed by atoms with Crippen molar-refractivity contribution in [3.63, 3.8) is 0 Å². The number of likely N-dealkylation sites (N-methyl/N-ethyl adjacent to an activating group) is 1. The maximum atomic E-state index is 12.7. The van der Waals surface area contributed by atoms with Crippen molar-refractivity contribution in [2.24, 2.45) is 0 Å². The number of nitrogens with zero attached hydrogens (tertiary/aromatic N) is 2. The summed E-state index contributed by atoms with van der Waals surface area (Å²) in [5.74, 6) is 2.26. The van der Waals surface area contributed by atoms with E-state index in [1.807, 2.05) is 38.3 Å². The van der Waals surface area contributed by atoms with E-state index in [4.69, 9.17) is 9.47 Å². The van der Waals surface area contributed by atoms with Gasteiger partial charge in [-0.1, -0.05) is 6.07 Å². The van der Waals surface area contributed by atoms with Crippen LogP contribution < -0.4 is 14.8 Å². The van der Waals surface area contributed by atoms with Crippen LogP contribution in [-0.4, -0.2) is 80.7 Å². The van der Waals surface area contributed by atoms with Crippen molar-refractivity contribution in [1.82, 2.24) is 15.1 Å². The number of carbonyl (C=O) groups excluding carboxylic acids is 2. The fourth-order valence-electron chi connectivity index (χ4n) is 2.92. The molecule has 0 spiro atoms. The zero-order chi connectivity index (χ0) is 21.6. The largest absolute Gasteiger partial charge is 0.493 e. The highest BCUT2D eigenvalue weighted by Gasteiger charge is 2.20. The average molecular weight is 426 g/mol. The summed E-state index contributed by atoms with van der Waals surface area (Å²) >= 11 is 1.75. The van der Waals surface area contributed by atoms with Gasteiger partial charge in [-0.3, -0.25) is 4.79 Å². The van der Waals surface area contributed by atoms with Crippen molar-refractivity contribution in [1.29, 1.82) is 0 Å². The van der Waals surface area contributed by atoms with E-state index in [9.17, 15) is 9.59 Å². The van der Waals surface area contributed by atoms with E-state index in [-0.39, 0.29) is 18.5 Å². The van der Waals surface area contributed by atoms with Crippen LogP contribution >= 0.6 is 11.8 Å². The van der Waals surface area contributed by atoms with Gasteiger partial charge in [0.25, 0.3) is 0 Å². The zero-order valence-corrected chi connectivity index (χ0v) is 19.1. The fourth-order valence-corrected chi connectivity index (χ4v) is 3.35. The lowest BCUT2D eigenvalue weighted by molar-refractivity contribution is -0.131. The summed E-state index contributed by atoms with van der Waals surface area (Å²) in [6.45, 7) is 6.27. The molecule has 7 nitrogen and oxygen atoms in total. The van der Waals surface area contributed by atoms with Crippen molar-refractivity contribution in [2.45, 2.75) is 26.7 Å². The van der Waals surface area contributed by atoms with Gasteiger partial charge < -0.3 is 24.6 Å². The number of rotatable bonds is 13. The molecule has 1 aromatic carbocycles. The van der Waals surface area contributed by atoms with Gasteiger partial charge >= 0.3 is 6.03 Å². The summed E-state index contributed by atoms with van der Waals surface area (Å²) in [4.78, 5) is 28.6. The SMILES string of the molecule is CCN(CC)C(=O)CN(CCc1ccc(OC)c(OC)c1)C(=O)NCCCSC. The van der Waals surface area contributed by atoms with Gasteiger partial charge in [0, 0.05) is 26.2 Å². The van der Waals surface area contributed by atoms with E-state index in [2.05, 4.69) is 5.32 Å². The molecule has 3 amide bonds. The number of nitrogens with one attached hydrogen (secondary N) is 1. The predicted octanol–water partition coefficient (Wildman–Crippen LogP) is 2.88. The van der Waals surface area contributed by atoms with Crippen molar-refractivity contribution >= 4 is 23.7 Å². The highest BCUT2D eigenvalue weighted by Crippen LogP contribution is 2.27. The Hall–Kier alpha value is -2.09. The Morgan fingerprint density at radius 2 is 1.76 bits per heavy atom. The van der Waals surface area contributed by atoms with Crippen LogP contribution in [0.5, 0.6) is 11.5 Å². The summed E-state index contributed by atoms with van der Waals surface area (Å²) in [5.41, 5.74) is 1.01. The molecular weight excluding hydrogens is 390 g/mol. The van der Waals surface area contributed by atoms with E-state index < -0.39 is 0 Å². The van der Waals surface area contributed by atoms with Crippen LogP contribution in [0.15, 0.2) is 18.2 Å². The first-order chi connectivity index (χ1) is 14.0. The molecule has 29 heavy (non-hydrogen) atoms. The van der Waals surface area contributed by atoms with Crippen LogP contribution in [0, 0.1) is 0 Å². The number of carbonyl (C=O) groups is 2.